The van der Waals surface area contributed by atoms with Gasteiger partial charge in [-0.3, -0.25) is 0 Å². The van der Waals surface area contributed by atoms with Crippen molar-refractivity contribution in [3.8, 4) is 5.88 Å². The maximum Gasteiger partial charge on any atom is 0.232 e. The number of ether oxygens (including phenoxy) is 1. The molecule has 0 spiro atoms. The average Bonchev–Trinajstić information content (AvgIpc) is 2.45. The Bertz CT molecular complexity index is 667. The number of pyridine rings is 1. The molecule has 0 bridgehead atoms. The highest BCUT2D eigenvalue weighted by atomic mass is 35.5. The zero-order valence-corrected chi connectivity index (χ0v) is 14.4. The van der Waals surface area contributed by atoms with Crippen LogP contribution < -0.4 is 10.1 Å². The Morgan fingerprint density at radius 1 is 1.18 bits per heavy atom. The van der Waals surface area contributed by atoms with Crippen molar-refractivity contribution in [2.24, 2.45) is 0 Å². The number of rotatable bonds is 6. The van der Waals surface area contributed by atoms with Gasteiger partial charge in [0, 0.05) is 12.7 Å². The number of aryl methyl sites for hydroxylation is 2. The first kappa shape index (κ1) is 17.1. The number of nitrogens with zero attached hydrogens (tertiary/aromatic N) is 3. The molecule has 22 heavy (non-hydrogen) atoms. The Morgan fingerprint density at radius 3 is 2.68 bits per heavy atom. The van der Waals surface area contributed by atoms with Crippen LogP contribution in [0.5, 0.6) is 5.88 Å². The number of halogens is 3. The third-order valence-corrected chi connectivity index (χ3v) is 3.69. The van der Waals surface area contributed by atoms with E-state index in [0.29, 0.717) is 45.7 Å². The third kappa shape index (κ3) is 4.60. The molecule has 0 fully saturated rings. The molecule has 5 nitrogen and oxygen atoms in total. The van der Waals surface area contributed by atoms with Gasteiger partial charge >= 0.3 is 0 Å². The fourth-order valence-electron chi connectivity index (χ4n) is 1.77. The SMILES string of the molecule is Cc1nc(C)c(Cl)c(NCCCOc2ncc(Cl)cc2Cl)n1. The quantitative estimate of drug-likeness (QED) is 0.776. The summed E-state index contributed by atoms with van der Waals surface area (Å²) in [5.41, 5.74) is 0.755. The number of nitrogens with one attached hydrogen (secondary N) is 1. The van der Waals surface area contributed by atoms with Crippen LogP contribution in [0.25, 0.3) is 0 Å². The molecular formula is C14H15Cl3N4O. The summed E-state index contributed by atoms with van der Waals surface area (Å²) in [7, 11) is 0. The van der Waals surface area contributed by atoms with Gasteiger partial charge in [0.2, 0.25) is 5.88 Å². The zero-order chi connectivity index (χ0) is 16.1. The van der Waals surface area contributed by atoms with Gasteiger partial charge < -0.3 is 10.1 Å². The van der Waals surface area contributed by atoms with Crippen molar-refractivity contribution in [3.63, 3.8) is 0 Å². The van der Waals surface area contributed by atoms with Gasteiger partial charge in [0.1, 0.15) is 21.7 Å². The van der Waals surface area contributed by atoms with Crippen LogP contribution in [0.2, 0.25) is 15.1 Å². The molecule has 0 radical (unpaired) electrons. The van der Waals surface area contributed by atoms with Crippen molar-refractivity contribution in [3.05, 3.63) is 38.8 Å². The fraction of sp³-hybridized carbons (Fsp3) is 0.357. The van der Waals surface area contributed by atoms with E-state index in [1.165, 1.54) is 6.20 Å². The summed E-state index contributed by atoms with van der Waals surface area (Å²) in [4.78, 5) is 12.5. The third-order valence-electron chi connectivity index (χ3n) is 2.76. The highest BCUT2D eigenvalue weighted by Crippen LogP contribution is 2.25. The van der Waals surface area contributed by atoms with Crippen LogP contribution in [-0.4, -0.2) is 28.1 Å². The topological polar surface area (TPSA) is 59.9 Å². The number of hydrogen-bond acceptors (Lipinski definition) is 5. The summed E-state index contributed by atoms with van der Waals surface area (Å²) >= 11 is 17.9. The molecular weight excluding hydrogens is 347 g/mol. The lowest BCUT2D eigenvalue weighted by molar-refractivity contribution is 0.303. The minimum absolute atomic E-state index is 0.373. The van der Waals surface area contributed by atoms with Crippen LogP contribution in [0.4, 0.5) is 5.82 Å². The number of hydrogen-bond donors (Lipinski definition) is 1. The zero-order valence-electron chi connectivity index (χ0n) is 12.2. The van der Waals surface area contributed by atoms with Crippen LogP contribution in [0, 0.1) is 13.8 Å². The highest BCUT2D eigenvalue weighted by Gasteiger charge is 2.07. The standard InChI is InChI=1S/C14H15Cl3N4O/c1-8-12(17)13(21-9(2)20-8)18-4-3-5-22-14-11(16)6-10(15)7-19-14/h6-7H,3-5H2,1-2H3,(H,18,20,21). The van der Waals surface area contributed by atoms with Gasteiger partial charge in [0.05, 0.1) is 17.3 Å². The van der Waals surface area contributed by atoms with Gasteiger partial charge in [-0.2, -0.15) is 0 Å². The van der Waals surface area contributed by atoms with Gasteiger partial charge in [-0.25, -0.2) is 15.0 Å². The highest BCUT2D eigenvalue weighted by molar-refractivity contribution is 6.35. The largest absolute Gasteiger partial charge is 0.477 e. The summed E-state index contributed by atoms with van der Waals surface area (Å²) in [6.45, 7) is 4.79. The minimum Gasteiger partial charge on any atom is -0.477 e. The van der Waals surface area contributed by atoms with Gasteiger partial charge in [0.15, 0.2) is 0 Å². The molecule has 2 rings (SSSR count). The van der Waals surface area contributed by atoms with E-state index in [1.54, 1.807) is 6.07 Å². The first-order valence-corrected chi connectivity index (χ1v) is 7.79. The Balaban J connectivity index is 1.80. The van der Waals surface area contributed by atoms with E-state index >= 15 is 0 Å². The molecule has 1 N–H and O–H groups in total. The predicted molar refractivity (Wildman–Crippen MR) is 89.4 cm³/mol. The van der Waals surface area contributed by atoms with Crippen LogP contribution in [-0.2, 0) is 0 Å². The van der Waals surface area contributed by atoms with E-state index in [0.717, 1.165) is 12.1 Å². The molecule has 2 aromatic heterocycles. The fourth-order valence-corrected chi connectivity index (χ4v) is 2.36. The molecule has 0 aromatic carbocycles. The Morgan fingerprint density at radius 2 is 1.95 bits per heavy atom. The van der Waals surface area contributed by atoms with E-state index in [9.17, 15) is 0 Å². The molecule has 0 atom stereocenters. The second-order valence-corrected chi connectivity index (χ2v) is 5.81. The van der Waals surface area contributed by atoms with Crippen molar-refractivity contribution in [1.29, 1.82) is 0 Å². The second-order valence-electron chi connectivity index (χ2n) is 4.59. The van der Waals surface area contributed by atoms with Crippen molar-refractivity contribution in [1.82, 2.24) is 15.0 Å². The second kappa shape index (κ2) is 7.81. The van der Waals surface area contributed by atoms with Gasteiger partial charge in [-0.05, 0) is 26.3 Å². The van der Waals surface area contributed by atoms with E-state index in [2.05, 4.69) is 20.3 Å². The van der Waals surface area contributed by atoms with Crippen LogP contribution in [0.3, 0.4) is 0 Å². The smallest absolute Gasteiger partial charge is 0.232 e. The molecule has 0 aliphatic heterocycles. The van der Waals surface area contributed by atoms with E-state index in [1.807, 2.05) is 13.8 Å². The predicted octanol–water partition coefficient (Wildman–Crippen LogP) is 4.33. The van der Waals surface area contributed by atoms with Gasteiger partial charge in [-0.1, -0.05) is 34.8 Å². The molecule has 0 amide bonds. The van der Waals surface area contributed by atoms with Crippen molar-refractivity contribution >= 4 is 40.6 Å². The van der Waals surface area contributed by atoms with Crippen LogP contribution in [0.15, 0.2) is 12.3 Å². The summed E-state index contributed by atoms with van der Waals surface area (Å²) in [5, 5.41) is 4.57. The molecule has 0 saturated carbocycles. The first-order valence-electron chi connectivity index (χ1n) is 6.66. The maximum atomic E-state index is 6.15. The van der Waals surface area contributed by atoms with E-state index < -0.39 is 0 Å². The van der Waals surface area contributed by atoms with Crippen LogP contribution >= 0.6 is 34.8 Å². The number of aromatic nitrogens is 3. The summed E-state index contributed by atoms with van der Waals surface area (Å²) in [6, 6.07) is 1.59. The van der Waals surface area contributed by atoms with Gasteiger partial charge in [0.25, 0.3) is 0 Å². The summed E-state index contributed by atoms with van der Waals surface area (Å²) < 4.78 is 5.50. The monoisotopic (exact) mass is 360 g/mol. The molecule has 118 valence electrons. The Labute approximate surface area is 144 Å². The Hall–Kier alpha value is -1.30. The average molecular weight is 362 g/mol. The lowest BCUT2D eigenvalue weighted by atomic mass is 10.4. The summed E-state index contributed by atoms with van der Waals surface area (Å²) in [5.74, 6) is 1.69. The van der Waals surface area contributed by atoms with Crippen molar-refractivity contribution in [2.75, 3.05) is 18.5 Å². The summed E-state index contributed by atoms with van der Waals surface area (Å²) in [6.07, 6.45) is 2.23. The molecule has 2 aromatic rings. The van der Waals surface area contributed by atoms with Crippen molar-refractivity contribution in [2.45, 2.75) is 20.3 Å². The van der Waals surface area contributed by atoms with E-state index in [4.69, 9.17) is 39.5 Å². The maximum absolute atomic E-state index is 6.15. The first-order chi connectivity index (χ1) is 10.5. The molecule has 2 heterocycles. The van der Waals surface area contributed by atoms with Crippen molar-refractivity contribution < 1.29 is 4.74 Å². The molecule has 8 heteroatoms. The molecule has 0 aliphatic rings. The van der Waals surface area contributed by atoms with Gasteiger partial charge in [-0.15, -0.1) is 0 Å². The molecule has 0 aliphatic carbocycles. The minimum atomic E-state index is 0.373. The lowest BCUT2D eigenvalue weighted by Gasteiger charge is -2.10. The van der Waals surface area contributed by atoms with Crippen LogP contribution in [0.1, 0.15) is 17.9 Å². The normalized spacial score (nSPS) is 10.6. The molecule has 0 saturated heterocycles. The number of anilines is 1. The lowest BCUT2D eigenvalue weighted by Crippen LogP contribution is -2.10. The van der Waals surface area contributed by atoms with E-state index in [-0.39, 0.29) is 0 Å². The Kier molecular flexibility index (Phi) is 6.06. The molecule has 0 unspecified atom stereocenters.